The summed E-state index contributed by atoms with van der Waals surface area (Å²) in [5, 5.41) is 21.8. The molecule has 0 bridgehead atoms. The lowest BCUT2D eigenvalue weighted by Gasteiger charge is -2.28. The van der Waals surface area contributed by atoms with Crippen molar-refractivity contribution in [3.8, 4) is 11.5 Å². The van der Waals surface area contributed by atoms with Crippen molar-refractivity contribution in [2.24, 2.45) is 0 Å². The van der Waals surface area contributed by atoms with Crippen LogP contribution in [0.15, 0.2) is 24.3 Å². The van der Waals surface area contributed by atoms with E-state index in [0.717, 1.165) is 33.4 Å². The lowest BCUT2D eigenvalue weighted by Crippen LogP contribution is -2.42. The largest absolute Gasteiger partial charge is 0.507 e. The van der Waals surface area contributed by atoms with Crippen molar-refractivity contribution in [3.63, 3.8) is 0 Å². The maximum absolute atomic E-state index is 12.7. The van der Waals surface area contributed by atoms with Gasteiger partial charge < -0.3 is 10.2 Å². The third kappa shape index (κ3) is 8.48. The van der Waals surface area contributed by atoms with Crippen molar-refractivity contribution in [2.45, 2.75) is 124 Å². The number of carbonyl (C=O) groups is 2. The number of amides is 2. The molecule has 2 aromatic carbocycles. The molecule has 0 spiro atoms. The van der Waals surface area contributed by atoms with Crippen molar-refractivity contribution < 1.29 is 19.8 Å². The average molecular weight is 539 g/mol. The molecule has 2 amide bonds. The second kappa shape index (κ2) is 11.2. The van der Waals surface area contributed by atoms with E-state index >= 15 is 0 Å². The van der Waals surface area contributed by atoms with E-state index in [-0.39, 0.29) is 52.1 Å². The third-order valence-electron chi connectivity index (χ3n) is 6.92. The van der Waals surface area contributed by atoms with Gasteiger partial charge in [-0.25, -0.2) is 0 Å². The van der Waals surface area contributed by atoms with E-state index in [1.54, 1.807) is 0 Å². The van der Waals surface area contributed by atoms with Gasteiger partial charge in [-0.2, -0.15) is 0 Å². The quantitative estimate of drug-likeness (QED) is 0.322. The minimum Gasteiger partial charge on any atom is -0.507 e. The van der Waals surface area contributed by atoms with Crippen LogP contribution in [0, 0.1) is 0 Å². The number of hydrogen-bond acceptors (Lipinski definition) is 4. The summed E-state index contributed by atoms with van der Waals surface area (Å²) in [6.07, 6.45) is 0.754. The molecule has 0 unspecified atom stereocenters. The van der Waals surface area contributed by atoms with Gasteiger partial charge in [-0.15, -0.1) is 0 Å². The van der Waals surface area contributed by atoms with Crippen molar-refractivity contribution in [1.29, 1.82) is 0 Å². The number of hydrazine groups is 1. The predicted octanol–water partition coefficient (Wildman–Crippen LogP) is 6.61. The summed E-state index contributed by atoms with van der Waals surface area (Å²) in [6, 6.07) is 7.69. The summed E-state index contributed by atoms with van der Waals surface area (Å²) in [7, 11) is 0. The smallest absolute Gasteiger partial charge is 0.242 e. The normalized spacial score (nSPS) is 12.8. The van der Waals surface area contributed by atoms with Gasteiger partial charge >= 0.3 is 0 Å². The van der Waals surface area contributed by atoms with Gasteiger partial charge in [-0.3, -0.25) is 20.4 Å². The Kier molecular flexibility index (Phi) is 9.27. The van der Waals surface area contributed by atoms with Crippen molar-refractivity contribution in [1.82, 2.24) is 10.9 Å². The number of nitrogens with one attached hydrogen (secondary N) is 2. The first-order valence-electron chi connectivity index (χ1n) is 13.8. The van der Waals surface area contributed by atoms with Gasteiger partial charge in [-0.05, 0) is 61.5 Å². The van der Waals surface area contributed by atoms with Crippen LogP contribution in [0.4, 0.5) is 0 Å². The molecule has 0 radical (unpaired) electrons. The molecule has 0 saturated carbocycles. The van der Waals surface area contributed by atoms with Crippen LogP contribution < -0.4 is 10.9 Å². The maximum atomic E-state index is 12.7. The Labute approximate surface area is 235 Å². The lowest BCUT2D eigenvalue weighted by molar-refractivity contribution is -0.128. The Bertz CT molecular complexity index is 1150. The number of hydrogen-bond donors (Lipinski definition) is 4. The molecular weight excluding hydrogens is 488 g/mol. The summed E-state index contributed by atoms with van der Waals surface area (Å²) < 4.78 is 0. The van der Waals surface area contributed by atoms with Gasteiger partial charge in [0, 0.05) is 6.42 Å². The highest BCUT2D eigenvalue weighted by atomic mass is 16.3. The number of phenols is 2. The molecule has 0 heterocycles. The van der Waals surface area contributed by atoms with Crippen LogP contribution >= 0.6 is 0 Å². The van der Waals surface area contributed by atoms with Crippen LogP contribution in [-0.4, -0.2) is 22.0 Å². The molecule has 39 heavy (non-hydrogen) atoms. The highest BCUT2D eigenvalue weighted by molar-refractivity contribution is 5.83. The zero-order valence-corrected chi connectivity index (χ0v) is 26.1. The van der Waals surface area contributed by atoms with E-state index in [9.17, 15) is 19.8 Å². The average Bonchev–Trinajstić information content (AvgIpc) is 2.74. The first kappa shape index (κ1) is 32.2. The van der Waals surface area contributed by atoms with E-state index in [4.69, 9.17) is 0 Å². The van der Waals surface area contributed by atoms with E-state index in [0.29, 0.717) is 12.2 Å². The van der Waals surface area contributed by atoms with Crippen LogP contribution in [0.25, 0.3) is 0 Å². The zero-order chi connectivity index (χ0) is 30.1. The molecular formula is C33H50N2O4. The minimum atomic E-state index is -0.330. The van der Waals surface area contributed by atoms with E-state index < -0.39 is 0 Å². The Balaban J connectivity index is 2.12. The summed E-state index contributed by atoms with van der Waals surface area (Å²) in [6.45, 7) is 24.5. The van der Waals surface area contributed by atoms with Gasteiger partial charge in [-0.1, -0.05) is 107 Å². The lowest BCUT2D eigenvalue weighted by atomic mass is 9.78. The van der Waals surface area contributed by atoms with Crippen LogP contribution in [-0.2, 0) is 44.1 Å². The van der Waals surface area contributed by atoms with E-state index in [1.807, 2.05) is 65.8 Å². The molecule has 0 fully saturated rings. The van der Waals surface area contributed by atoms with E-state index in [2.05, 4.69) is 52.4 Å². The molecule has 4 N–H and O–H groups in total. The number of aromatic hydroxyl groups is 2. The van der Waals surface area contributed by atoms with Gasteiger partial charge in [0.05, 0.1) is 6.42 Å². The van der Waals surface area contributed by atoms with Crippen LogP contribution in [0.5, 0.6) is 11.5 Å². The van der Waals surface area contributed by atoms with Crippen LogP contribution in [0.2, 0.25) is 0 Å². The second-order valence-corrected chi connectivity index (χ2v) is 14.9. The van der Waals surface area contributed by atoms with Crippen LogP contribution in [0.3, 0.4) is 0 Å². The SMILES string of the molecule is CC(C)(C)c1cc(CCC(=O)NNC(=O)Cc2cc(C(C)(C)C)c(O)c(C(C)(C)C)c2)cc(C(C)(C)C)c1O. The summed E-state index contributed by atoms with van der Waals surface area (Å²) in [5.74, 6) is -0.0363. The monoisotopic (exact) mass is 538 g/mol. The minimum absolute atomic E-state index is 0.0779. The molecule has 2 aromatic rings. The zero-order valence-electron chi connectivity index (χ0n) is 26.1. The van der Waals surface area contributed by atoms with Crippen molar-refractivity contribution >= 4 is 11.8 Å². The molecule has 6 heteroatoms. The Morgan fingerprint density at radius 3 is 1.21 bits per heavy atom. The Morgan fingerprint density at radius 2 is 0.872 bits per heavy atom. The molecule has 0 saturated heterocycles. The van der Waals surface area contributed by atoms with Gasteiger partial charge in [0.15, 0.2) is 0 Å². The number of carbonyl (C=O) groups excluding carboxylic acids is 2. The van der Waals surface area contributed by atoms with Crippen LogP contribution in [0.1, 0.15) is 123 Å². The summed E-state index contributed by atoms with van der Waals surface area (Å²) in [5.41, 5.74) is 9.05. The fourth-order valence-electron chi connectivity index (χ4n) is 4.61. The molecule has 0 atom stereocenters. The Morgan fingerprint density at radius 1 is 0.564 bits per heavy atom. The first-order valence-corrected chi connectivity index (χ1v) is 13.8. The molecule has 2 rings (SSSR count). The van der Waals surface area contributed by atoms with Gasteiger partial charge in [0.25, 0.3) is 0 Å². The molecule has 0 aliphatic carbocycles. The molecule has 0 aliphatic heterocycles. The number of phenolic OH excluding ortho intramolecular Hbond substituents is 2. The third-order valence-corrected chi connectivity index (χ3v) is 6.92. The topological polar surface area (TPSA) is 98.7 Å². The predicted molar refractivity (Wildman–Crippen MR) is 159 cm³/mol. The molecule has 6 nitrogen and oxygen atoms in total. The fraction of sp³-hybridized carbons (Fsp3) is 0.576. The highest BCUT2D eigenvalue weighted by Crippen LogP contribution is 2.41. The Hall–Kier alpha value is -3.02. The summed E-state index contributed by atoms with van der Waals surface area (Å²) in [4.78, 5) is 25.3. The van der Waals surface area contributed by atoms with Gasteiger partial charge in [0.1, 0.15) is 11.5 Å². The standard InChI is InChI=1S/C33H50N2O4/c1-30(2,3)22-15-20(16-23(28(22)38)31(4,5)6)13-14-26(36)34-35-27(37)19-21-17-24(32(7,8)9)29(39)25(18-21)33(10,11)12/h15-18,38-39H,13-14,19H2,1-12H3,(H,34,36)(H,35,37). The number of benzene rings is 2. The maximum Gasteiger partial charge on any atom is 0.242 e. The van der Waals surface area contributed by atoms with E-state index in [1.165, 1.54) is 0 Å². The highest BCUT2D eigenvalue weighted by Gasteiger charge is 2.28. The second-order valence-electron chi connectivity index (χ2n) is 14.9. The first-order chi connectivity index (χ1) is 17.5. The molecule has 0 aliphatic rings. The fourth-order valence-corrected chi connectivity index (χ4v) is 4.61. The van der Waals surface area contributed by atoms with Gasteiger partial charge in [0.2, 0.25) is 11.8 Å². The number of rotatable bonds is 5. The van der Waals surface area contributed by atoms with Crippen molar-refractivity contribution in [2.75, 3.05) is 0 Å². The molecule has 0 aromatic heterocycles. The summed E-state index contributed by atoms with van der Waals surface area (Å²) >= 11 is 0. The number of aryl methyl sites for hydroxylation is 1. The van der Waals surface area contributed by atoms with Crippen molar-refractivity contribution in [3.05, 3.63) is 57.6 Å². The molecule has 216 valence electrons.